The quantitative estimate of drug-likeness (QED) is 0.430. The molecule has 114 valence electrons. The number of hydrogen-bond acceptors (Lipinski definition) is 5. The van der Waals surface area contributed by atoms with E-state index in [1.54, 1.807) is 11.7 Å². The Hall–Kier alpha value is -1.24. The van der Waals surface area contributed by atoms with Gasteiger partial charge in [0.15, 0.2) is 0 Å². The molecule has 7 heteroatoms. The molecule has 0 aliphatic heterocycles. The van der Waals surface area contributed by atoms with E-state index in [0.29, 0.717) is 11.5 Å². The lowest BCUT2D eigenvalue weighted by Crippen LogP contribution is -2.08. The molecule has 1 heterocycles. The highest BCUT2D eigenvalue weighted by Crippen LogP contribution is 2.32. The summed E-state index contributed by atoms with van der Waals surface area (Å²) in [5.41, 5.74) is 0.661. The van der Waals surface area contributed by atoms with E-state index >= 15 is 0 Å². The molecule has 0 saturated heterocycles. The molecule has 0 spiro atoms. The van der Waals surface area contributed by atoms with E-state index in [1.807, 2.05) is 25.6 Å². The lowest BCUT2D eigenvalue weighted by atomic mass is 10.1. The maximum Gasteiger partial charge on any atom is 0.334 e. The summed E-state index contributed by atoms with van der Waals surface area (Å²) in [7, 11) is 1.74. The molecule has 0 aliphatic carbocycles. The van der Waals surface area contributed by atoms with Gasteiger partial charge in [-0.1, -0.05) is 20.3 Å². The molecule has 0 saturated carbocycles. The van der Waals surface area contributed by atoms with Crippen LogP contribution in [0.4, 0.5) is 11.5 Å². The average molecular weight is 300 g/mol. The van der Waals surface area contributed by atoms with Gasteiger partial charge in [0.05, 0.1) is 4.92 Å². The van der Waals surface area contributed by atoms with Crippen molar-refractivity contribution in [3.8, 4) is 0 Å². The molecule has 1 aromatic rings. The highest BCUT2D eigenvalue weighted by molar-refractivity contribution is 7.98. The summed E-state index contributed by atoms with van der Waals surface area (Å²) in [6.07, 6.45) is 5.44. The van der Waals surface area contributed by atoms with Crippen molar-refractivity contribution in [2.75, 3.05) is 23.9 Å². The van der Waals surface area contributed by atoms with Gasteiger partial charge < -0.3 is 5.32 Å². The summed E-state index contributed by atoms with van der Waals surface area (Å²) in [4.78, 5) is 10.9. The van der Waals surface area contributed by atoms with E-state index in [-0.39, 0.29) is 16.5 Å². The molecule has 0 unspecified atom stereocenters. The second-order valence-corrected chi connectivity index (χ2v) is 6.08. The topological polar surface area (TPSA) is 73.0 Å². The lowest BCUT2D eigenvalue weighted by molar-refractivity contribution is -0.384. The summed E-state index contributed by atoms with van der Waals surface area (Å²) < 4.78 is 1.58. The third-order valence-electron chi connectivity index (χ3n) is 3.10. The fourth-order valence-corrected chi connectivity index (χ4v) is 2.55. The van der Waals surface area contributed by atoms with E-state index in [4.69, 9.17) is 0 Å². The number of anilines is 1. The van der Waals surface area contributed by atoms with Crippen LogP contribution in [0.3, 0.4) is 0 Å². The Labute approximate surface area is 124 Å². The molecule has 0 aliphatic rings. The zero-order chi connectivity index (χ0) is 15.1. The second-order valence-electron chi connectivity index (χ2n) is 5.10. The Kier molecular flexibility index (Phi) is 6.84. The summed E-state index contributed by atoms with van der Waals surface area (Å²) >= 11 is 1.85. The van der Waals surface area contributed by atoms with Gasteiger partial charge in [0.25, 0.3) is 0 Å². The normalized spacial score (nSPS) is 11.1. The lowest BCUT2D eigenvalue weighted by Gasteiger charge is -2.06. The molecule has 0 atom stereocenters. The Balaban J connectivity index is 2.67. The van der Waals surface area contributed by atoms with Gasteiger partial charge in [0.2, 0.25) is 5.82 Å². The average Bonchev–Trinajstić information content (AvgIpc) is 2.71. The van der Waals surface area contributed by atoms with Crippen molar-refractivity contribution in [2.45, 2.75) is 39.0 Å². The first-order valence-electron chi connectivity index (χ1n) is 6.93. The minimum atomic E-state index is -0.335. The number of thioether (sulfide) groups is 1. The molecule has 0 bridgehead atoms. The molecule has 1 rings (SSSR count). The Morgan fingerprint density at radius 3 is 2.65 bits per heavy atom. The van der Waals surface area contributed by atoms with E-state index in [1.165, 1.54) is 12.2 Å². The highest BCUT2D eigenvalue weighted by atomic mass is 32.2. The fourth-order valence-electron chi connectivity index (χ4n) is 2.06. The van der Waals surface area contributed by atoms with Crippen LogP contribution in [0.1, 0.15) is 44.7 Å². The number of nitrogens with one attached hydrogen (secondary N) is 1. The zero-order valence-electron chi connectivity index (χ0n) is 12.7. The first kappa shape index (κ1) is 16.8. The van der Waals surface area contributed by atoms with Crippen molar-refractivity contribution in [3.05, 3.63) is 15.8 Å². The molecule has 1 N–H and O–H groups in total. The zero-order valence-corrected chi connectivity index (χ0v) is 13.5. The number of rotatable bonds is 9. The second kappa shape index (κ2) is 8.14. The first-order chi connectivity index (χ1) is 9.49. The molecular formula is C13H24N4O2S. The highest BCUT2D eigenvalue weighted by Gasteiger charge is 2.27. The number of hydrogen-bond donors (Lipinski definition) is 1. The van der Waals surface area contributed by atoms with Crippen LogP contribution in [0, 0.1) is 10.1 Å². The van der Waals surface area contributed by atoms with Crippen LogP contribution < -0.4 is 5.32 Å². The summed E-state index contributed by atoms with van der Waals surface area (Å²) in [5.74, 6) is 1.73. The molecular weight excluding hydrogens is 276 g/mol. The number of nitrogens with zero attached hydrogens (tertiary/aromatic N) is 3. The Morgan fingerprint density at radius 1 is 1.40 bits per heavy atom. The first-order valence-corrected chi connectivity index (χ1v) is 8.32. The van der Waals surface area contributed by atoms with Crippen molar-refractivity contribution in [3.63, 3.8) is 0 Å². The third-order valence-corrected chi connectivity index (χ3v) is 3.79. The molecule has 0 aromatic carbocycles. The van der Waals surface area contributed by atoms with Crippen molar-refractivity contribution >= 4 is 23.3 Å². The number of aromatic nitrogens is 2. The minimum absolute atomic E-state index is 0.0405. The number of unbranched alkanes of at least 4 members (excludes halogenated alkanes) is 2. The van der Waals surface area contributed by atoms with Gasteiger partial charge in [-0.15, -0.1) is 0 Å². The van der Waals surface area contributed by atoms with Crippen LogP contribution in [-0.2, 0) is 7.05 Å². The molecule has 6 nitrogen and oxygen atoms in total. The molecule has 0 fully saturated rings. The number of nitro groups is 1. The van der Waals surface area contributed by atoms with Gasteiger partial charge in [-0.2, -0.15) is 16.9 Å². The van der Waals surface area contributed by atoms with Crippen molar-refractivity contribution in [2.24, 2.45) is 7.05 Å². The van der Waals surface area contributed by atoms with Gasteiger partial charge in [-0.25, -0.2) is 4.68 Å². The van der Waals surface area contributed by atoms with Crippen molar-refractivity contribution in [1.82, 2.24) is 9.78 Å². The molecule has 20 heavy (non-hydrogen) atoms. The Bertz CT molecular complexity index is 446. The largest absolute Gasteiger partial charge is 0.365 e. The standard InChI is InChI=1S/C13H24N4O2S/c1-10(2)11-12(17(18)19)13(16(3)15-11)14-8-6-5-7-9-20-4/h10,14H,5-9H2,1-4H3. The third kappa shape index (κ3) is 4.40. The van der Waals surface area contributed by atoms with Crippen LogP contribution >= 0.6 is 11.8 Å². The summed E-state index contributed by atoms with van der Waals surface area (Å²) in [6, 6.07) is 0. The van der Waals surface area contributed by atoms with E-state index in [0.717, 1.165) is 19.4 Å². The van der Waals surface area contributed by atoms with Crippen LogP contribution in [-0.4, -0.2) is 33.3 Å². The molecule has 1 aromatic heterocycles. The van der Waals surface area contributed by atoms with E-state index in [2.05, 4.69) is 16.7 Å². The van der Waals surface area contributed by atoms with Crippen molar-refractivity contribution < 1.29 is 4.92 Å². The monoisotopic (exact) mass is 300 g/mol. The predicted octanol–water partition coefficient (Wildman–Crippen LogP) is 3.40. The molecule has 0 amide bonds. The Morgan fingerprint density at radius 2 is 2.10 bits per heavy atom. The van der Waals surface area contributed by atoms with Gasteiger partial charge in [-0.05, 0) is 24.9 Å². The maximum absolute atomic E-state index is 11.2. The van der Waals surface area contributed by atoms with E-state index in [9.17, 15) is 10.1 Å². The maximum atomic E-state index is 11.2. The smallest absolute Gasteiger partial charge is 0.334 e. The van der Waals surface area contributed by atoms with Gasteiger partial charge in [-0.3, -0.25) is 10.1 Å². The van der Waals surface area contributed by atoms with Crippen LogP contribution in [0.2, 0.25) is 0 Å². The van der Waals surface area contributed by atoms with Gasteiger partial charge in [0.1, 0.15) is 5.69 Å². The number of aryl methyl sites for hydroxylation is 1. The van der Waals surface area contributed by atoms with Crippen LogP contribution in [0.5, 0.6) is 0 Å². The summed E-state index contributed by atoms with van der Waals surface area (Å²) in [5, 5.41) is 18.7. The van der Waals surface area contributed by atoms with Gasteiger partial charge in [0, 0.05) is 19.5 Å². The predicted molar refractivity (Wildman–Crippen MR) is 84.7 cm³/mol. The van der Waals surface area contributed by atoms with E-state index < -0.39 is 0 Å². The summed E-state index contributed by atoms with van der Waals surface area (Å²) in [6.45, 7) is 4.58. The van der Waals surface area contributed by atoms with Crippen molar-refractivity contribution in [1.29, 1.82) is 0 Å². The SMILES string of the molecule is CSCCCCCNc1c([N+](=O)[O-])c(C(C)C)nn1C. The van der Waals surface area contributed by atoms with Crippen LogP contribution in [0.15, 0.2) is 0 Å². The van der Waals surface area contributed by atoms with Crippen LogP contribution in [0.25, 0.3) is 0 Å². The van der Waals surface area contributed by atoms with Gasteiger partial charge >= 0.3 is 5.69 Å². The minimum Gasteiger partial charge on any atom is -0.365 e. The molecule has 0 radical (unpaired) electrons. The fraction of sp³-hybridized carbons (Fsp3) is 0.769.